The molecule has 0 spiro atoms. The number of halogens is 1. The fourth-order valence-electron chi connectivity index (χ4n) is 2.14. The Labute approximate surface area is 121 Å². The van der Waals surface area contributed by atoms with Crippen molar-refractivity contribution in [1.82, 2.24) is 0 Å². The van der Waals surface area contributed by atoms with Crippen LogP contribution in [0.1, 0.15) is 35.2 Å². The van der Waals surface area contributed by atoms with Gasteiger partial charge in [-0.3, -0.25) is 0 Å². The number of ether oxygens (including phenoxy) is 2. The smallest absolute Gasteiger partial charge is 0.338 e. The molecule has 5 heteroatoms. The fraction of sp³-hybridized carbons (Fsp3) is 0.500. The first-order valence-electron chi connectivity index (χ1n) is 6.42. The molecule has 1 heterocycles. The van der Waals surface area contributed by atoms with Crippen LogP contribution < -0.4 is 5.73 Å². The standard InChI is InChI=1S/C14H18BrNO3/c1-9-12(7-10(15)8-13(9)16)14(17)19-6-4-11-3-2-5-18-11/h7-8,11H,2-6,16H2,1H3. The molecule has 2 rings (SSSR count). The number of carbonyl (C=O) groups excluding carboxylic acids is 1. The third-order valence-corrected chi connectivity index (χ3v) is 3.79. The average molecular weight is 328 g/mol. The van der Waals surface area contributed by atoms with Crippen LogP contribution in [0.5, 0.6) is 0 Å². The van der Waals surface area contributed by atoms with E-state index in [2.05, 4.69) is 15.9 Å². The molecule has 104 valence electrons. The molecule has 0 aliphatic carbocycles. The largest absolute Gasteiger partial charge is 0.462 e. The Morgan fingerprint density at radius 3 is 3.05 bits per heavy atom. The SMILES string of the molecule is Cc1c(N)cc(Br)cc1C(=O)OCCC1CCCO1. The Kier molecular flexibility index (Phi) is 4.82. The van der Waals surface area contributed by atoms with Gasteiger partial charge in [-0.05, 0) is 37.5 Å². The molecule has 1 aromatic rings. The molecule has 19 heavy (non-hydrogen) atoms. The Bertz CT molecular complexity index is 470. The minimum Gasteiger partial charge on any atom is -0.462 e. The summed E-state index contributed by atoms with van der Waals surface area (Å²) in [6.07, 6.45) is 3.15. The molecule has 1 saturated heterocycles. The number of rotatable bonds is 4. The predicted molar refractivity (Wildman–Crippen MR) is 77.2 cm³/mol. The van der Waals surface area contributed by atoms with E-state index in [-0.39, 0.29) is 12.1 Å². The van der Waals surface area contributed by atoms with Gasteiger partial charge in [0.25, 0.3) is 0 Å². The Balaban J connectivity index is 1.92. The van der Waals surface area contributed by atoms with E-state index < -0.39 is 0 Å². The minimum absolute atomic E-state index is 0.237. The van der Waals surface area contributed by atoms with Crippen molar-refractivity contribution >= 4 is 27.6 Å². The second kappa shape index (κ2) is 6.39. The summed E-state index contributed by atoms with van der Waals surface area (Å²) in [4.78, 5) is 12.0. The highest BCUT2D eigenvalue weighted by Crippen LogP contribution is 2.23. The summed E-state index contributed by atoms with van der Waals surface area (Å²) in [7, 11) is 0. The molecule has 0 bridgehead atoms. The second-order valence-corrected chi connectivity index (χ2v) is 5.64. The van der Waals surface area contributed by atoms with E-state index in [1.54, 1.807) is 12.1 Å². The van der Waals surface area contributed by atoms with Crippen LogP contribution in [0, 0.1) is 6.92 Å². The molecular weight excluding hydrogens is 310 g/mol. The van der Waals surface area contributed by atoms with E-state index in [9.17, 15) is 4.79 Å². The summed E-state index contributed by atoms with van der Waals surface area (Å²) in [5.41, 5.74) is 7.68. The first-order chi connectivity index (χ1) is 9.08. The molecule has 0 aromatic heterocycles. The lowest BCUT2D eigenvalue weighted by molar-refractivity contribution is 0.0385. The van der Waals surface area contributed by atoms with Crippen LogP contribution in [0.25, 0.3) is 0 Å². The normalized spacial score (nSPS) is 18.5. The van der Waals surface area contributed by atoms with Crippen molar-refractivity contribution in [2.75, 3.05) is 18.9 Å². The van der Waals surface area contributed by atoms with Crippen molar-refractivity contribution < 1.29 is 14.3 Å². The highest BCUT2D eigenvalue weighted by molar-refractivity contribution is 9.10. The van der Waals surface area contributed by atoms with Gasteiger partial charge in [0.15, 0.2) is 0 Å². The van der Waals surface area contributed by atoms with Gasteiger partial charge >= 0.3 is 5.97 Å². The van der Waals surface area contributed by atoms with E-state index in [0.29, 0.717) is 17.9 Å². The first kappa shape index (κ1) is 14.3. The molecule has 1 aliphatic heterocycles. The van der Waals surface area contributed by atoms with E-state index in [4.69, 9.17) is 15.2 Å². The highest BCUT2D eigenvalue weighted by atomic mass is 79.9. The zero-order valence-corrected chi connectivity index (χ0v) is 12.5. The molecule has 1 aliphatic rings. The van der Waals surface area contributed by atoms with Gasteiger partial charge in [-0.1, -0.05) is 15.9 Å². The van der Waals surface area contributed by atoms with E-state index in [1.165, 1.54) is 0 Å². The number of nitrogen functional groups attached to an aromatic ring is 1. The Morgan fingerprint density at radius 2 is 2.37 bits per heavy atom. The monoisotopic (exact) mass is 327 g/mol. The minimum atomic E-state index is -0.330. The fourth-order valence-corrected chi connectivity index (χ4v) is 2.62. The van der Waals surface area contributed by atoms with Crippen LogP contribution >= 0.6 is 15.9 Å². The maximum Gasteiger partial charge on any atom is 0.338 e. The number of carbonyl (C=O) groups is 1. The zero-order chi connectivity index (χ0) is 13.8. The van der Waals surface area contributed by atoms with E-state index in [1.807, 2.05) is 6.92 Å². The second-order valence-electron chi connectivity index (χ2n) is 4.73. The van der Waals surface area contributed by atoms with Gasteiger partial charge in [-0.2, -0.15) is 0 Å². The van der Waals surface area contributed by atoms with Crippen LogP contribution in [0.4, 0.5) is 5.69 Å². The maximum atomic E-state index is 12.0. The summed E-state index contributed by atoms with van der Waals surface area (Å²) in [6, 6.07) is 3.51. The number of anilines is 1. The van der Waals surface area contributed by atoms with Gasteiger partial charge in [0.2, 0.25) is 0 Å². The van der Waals surface area contributed by atoms with Crippen LogP contribution in [0.15, 0.2) is 16.6 Å². The van der Waals surface area contributed by atoms with Crippen LogP contribution in [0.2, 0.25) is 0 Å². The molecular formula is C14H18BrNO3. The summed E-state index contributed by atoms with van der Waals surface area (Å²) in [6.45, 7) is 3.02. The van der Waals surface area contributed by atoms with E-state index in [0.717, 1.165) is 35.9 Å². The van der Waals surface area contributed by atoms with Gasteiger partial charge in [0.05, 0.1) is 18.3 Å². The molecule has 1 fully saturated rings. The lowest BCUT2D eigenvalue weighted by Crippen LogP contribution is -2.14. The summed E-state index contributed by atoms with van der Waals surface area (Å²) < 4.78 is 11.5. The number of benzene rings is 1. The van der Waals surface area contributed by atoms with Crippen molar-refractivity contribution in [2.24, 2.45) is 0 Å². The molecule has 4 nitrogen and oxygen atoms in total. The number of hydrogen-bond donors (Lipinski definition) is 1. The number of nitrogens with two attached hydrogens (primary N) is 1. The molecule has 0 amide bonds. The van der Waals surface area contributed by atoms with Gasteiger partial charge in [-0.15, -0.1) is 0 Å². The van der Waals surface area contributed by atoms with Crippen molar-refractivity contribution in [3.63, 3.8) is 0 Å². The summed E-state index contributed by atoms with van der Waals surface area (Å²) >= 11 is 3.33. The Hall–Kier alpha value is -1.07. The van der Waals surface area contributed by atoms with Crippen molar-refractivity contribution in [1.29, 1.82) is 0 Å². The molecule has 1 unspecified atom stereocenters. The zero-order valence-electron chi connectivity index (χ0n) is 10.9. The van der Waals surface area contributed by atoms with Crippen molar-refractivity contribution in [2.45, 2.75) is 32.3 Å². The summed E-state index contributed by atoms with van der Waals surface area (Å²) in [5.74, 6) is -0.330. The number of hydrogen-bond acceptors (Lipinski definition) is 4. The van der Waals surface area contributed by atoms with Crippen LogP contribution in [-0.4, -0.2) is 25.3 Å². The molecule has 1 atom stereocenters. The van der Waals surface area contributed by atoms with Crippen molar-refractivity contribution in [3.8, 4) is 0 Å². The number of esters is 1. The summed E-state index contributed by atoms with van der Waals surface area (Å²) in [5, 5.41) is 0. The third-order valence-electron chi connectivity index (χ3n) is 3.33. The topological polar surface area (TPSA) is 61.6 Å². The van der Waals surface area contributed by atoms with Crippen LogP contribution in [-0.2, 0) is 9.47 Å². The van der Waals surface area contributed by atoms with Gasteiger partial charge < -0.3 is 15.2 Å². The first-order valence-corrected chi connectivity index (χ1v) is 7.21. The van der Waals surface area contributed by atoms with E-state index >= 15 is 0 Å². The van der Waals surface area contributed by atoms with Gasteiger partial charge in [0.1, 0.15) is 0 Å². The average Bonchev–Trinajstić information content (AvgIpc) is 2.86. The lowest BCUT2D eigenvalue weighted by Gasteiger charge is -2.12. The van der Waals surface area contributed by atoms with Gasteiger partial charge in [-0.25, -0.2) is 4.79 Å². The molecule has 0 radical (unpaired) electrons. The van der Waals surface area contributed by atoms with Crippen molar-refractivity contribution in [3.05, 3.63) is 27.7 Å². The lowest BCUT2D eigenvalue weighted by atomic mass is 10.1. The third kappa shape index (κ3) is 3.70. The van der Waals surface area contributed by atoms with Crippen LogP contribution in [0.3, 0.4) is 0 Å². The molecule has 0 saturated carbocycles. The van der Waals surface area contributed by atoms with Gasteiger partial charge in [0, 0.05) is 23.2 Å². The maximum absolute atomic E-state index is 12.0. The molecule has 2 N–H and O–H groups in total. The predicted octanol–water partition coefficient (Wildman–Crippen LogP) is 3.07. The molecule has 1 aromatic carbocycles. The highest BCUT2D eigenvalue weighted by Gasteiger charge is 2.17. The Morgan fingerprint density at radius 1 is 1.58 bits per heavy atom. The quantitative estimate of drug-likeness (QED) is 0.682.